The molecule has 8 heteroatoms. The van der Waals surface area contributed by atoms with Gasteiger partial charge in [0.15, 0.2) is 6.61 Å². The summed E-state index contributed by atoms with van der Waals surface area (Å²) in [5.41, 5.74) is 6.29. The molecule has 170 valence electrons. The van der Waals surface area contributed by atoms with Crippen molar-refractivity contribution >= 4 is 35.3 Å². The molecule has 0 saturated carbocycles. The van der Waals surface area contributed by atoms with Gasteiger partial charge in [-0.15, -0.1) is 0 Å². The van der Waals surface area contributed by atoms with Crippen LogP contribution in [0.1, 0.15) is 27.0 Å². The first-order valence-electron chi connectivity index (χ1n) is 10.1. The third-order valence-corrected chi connectivity index (χ3v) is 5.06. The molecule has 3 aromatic rings. The minimum Gasteiger partial charge on any atom is -0.497 e. The Kier molecular flexibility index (Phi) is 8.05. The summed E-state index contributed by atoms with van der Waals surface area (Å²) in [5, 5.41) is 7.25. The van der Waals surface area contributed by atoms with Gasteiger partial charge in [-0.25, -0.2) is 5.43 Å². The minimum atomic E-state index is -0.401. The van der Waals surface area contributed by atoms with Crippen molar-refractivity contribution in [1.29, 1.82) is 0 Å². The molecule has 0 unspecified atom stereocenters. The zero-order chi connectivity index (χ0) is 23.8. The molecule has 7 nitrogen and oxygen atoms in total. The number of hydrogen-bond donors (Lipinski definition) is 2. The Morgan fingerprint density at radius 3 is 2.61 bits per heavy atom. The molecule has 0 spiro atoms. The lowest BCUT2D eigenvalue weighted by Crippen LogP contribution is -2.21. The van der Waals surface area contributed by atoms with E-state index in [1.165, 1.54) is 13.3 Å². The molecular weight excluding hydrogens is 442 g/mol. The molecule has 0 aromatic heterocycles. The maximum Gasteiger partial charge on any atom is 0.271 e. The van der Waals surface area contributed by atoms with Gasteiger partial charge in [0.05, 0.1) is 13.3 Å². The summed E-state index contributed by atoms with van der Waals surface area (Å²) in [6, 6.07) is 17.3. The first-order valence-corrected chi connectivity index (χ1v) is 10.5. The van der Waals surface area contributed by atoms with E-state index < -0.39 is 5.91 Å². The third kappa shape index (κ3) is 6.82. The van der Waals surface area contributed by atoms with Gasteiger partial charge in [-0.05, 0) is 73.5 Å². The van der Waals surface area contributed by atoms with Crippen LogP contribution in [0.4, 0.5) is 5.69 Å². The number of rotatable bonds is 8. The predicted octanol–water partition coefficient (Wildman–Crippen LogP) is 4.75. The number of benzene rings is 3. The average molecular weight is 466 g/mol. The average Bonchev–Trinajstić information content (AvgIpc) is 2.81. The zero-order valence-electron chi connectivity index (χ0n) is 18.5. The number of amides is 2. The van der Waals surface area contributed by atoms with E-state index >= 15 is 0 Å². The number of ether oxygens (including phenoxy) is 2. The third-order valence-electron chi connectivity index (χ3n) is 4.82. The Hall–Kier alpha value is -3.84. The van der Waals surface area contributed by atoms with Crippen molar-refractivity contribution < 1.29 is 19.1 Å². The summed E-state index contributed by atoms with van der Waals surface area (Å²) < 4.78 is 10.8. The molecular formula is C25H24ClN3O4. The van der Waals surface area contributed by atoms with Gasteiger partial charge in [0, 0.05) is 21.8 Å². The first-order chi connectivity index (χ1) is 15.9. The van der Waals surface area contributed by atoms with Gasteiger partial charge < -0.3 is 14.8 Å². The van der Waals surface area contributed by atoms with Crippen LogP contribution in [0.25, 0.3) is 0 Å². The standard InChI is InChI=1S/C25H24ClN3O4/c1-16-7-9-21(11-17(16)2)28-24(30)15-33-23-10-8-20(26)12-19(23)14-27-29-25(31)18-5-4-6-22(13-18)32-3/h4-14H,15H2,1-3H3,(H,28,30)(H,29,31)/b27-14+. The second-order valence-corrected chi connectivity index (χ2v) is 7.69. The summed E-state index contributed by atoms with van der Waals surface area (Å²) >= 11 is 6.09. The van der Waals surface area contributed by atoms with E-state index in [0.717, 1.165) is 11.1 Å². The summed E-state index contributed by atoms with van der Waals surface area (Å²) in [4.78, 5) is 24.6. The van der Waals surface area contributed by atoms with Crippen molar-refractivity contribution in [3.63, 3.8) is 0 Å². The molecule has 0 saturated heterocycles. The highest BCUT2D eigenvalue weighted by molar-refractivity contribution is 6.30. The summed E-state index contributed by atoms with van der Waals surface area (Å²) in [6.45, 7) is 3.78. The number of carbonyl (C=O) groups excluding carboxylic acids is 2. The van der Waals surface area contributed by atoms with Crippen molar-refractivity contribution in [2.75, 3.05) is 19.0 Å². The molecule has 2 N–H and O–H groups in total. The number of anilines is 1. The Morgan fingerprint density at radius 1 is 1.03 bits per heavy atom. The topological polar surface area (TPSA) is 89.0 Å². The fourth-order valence-electron chi connectivity index (χ4n) is 2.90. The van der Waals surface area contributed by atoms with Crippen LogP contribution in [-0.2, 0) is 4.79 Å². The van der Waals surface area contributed by atoms with Crippen molar-refractivity contribution in [2.24, 2.45) is 5.10 Å². The van der Waals surface area contributed by atoms with Crippen molar-refractivity contribution in [3.05, 3.63) is 87.9 Å². The number of nitrogens with one attached hydrogen (secondary N) is 2. The second kappa shape index (κ2) is 11.2. The van der Waals surface area contributed by atoms with E-state index in [2.05, 4.69) is 15.8 Å². The van der Waals surface area contributed by atoms with Gasteiger partial charge in [0.25, 0.3) is 11.8 Å². The normalized spacial score (nSPS) is 10.7. The molecule has 0 aliphatic heterocycles. The van der Waals surface area contributed by atoms with E-state index in [4.69, 9.17) is 21.1 Å². The van der Waals surface area contributed by atoms with E-state index in [1.807, 2.05) is 32.0 Å². The highest BCUT2D eigenvalue weighted by atomic mass is 35.5. The van der Waals surface area contributed by atoms with Gasteiger partial charge >= 0.3 is 0 Å². The van der Waals surface area contributed by atoms with Crippen LogP contribution in [-0.4, -0.2) is 31.7 Å². The number of hydrazone groups is 1. The molecule has 33 heavy (non-hydrogen) atoms. The second-order valence-electron chi connectivity index (χ2n) is 7.25. The molecule has 3 aromatic carbocycles. The van der Waals surface area contributed by atoms with E-state index in [1.54, 1.807) is 42.5 Å². The Morgan fingerprint density at radius 2 is 1.85 bits per heavy atom. The first kappa shape index (κ1) is 23.8. The quantitative estimate of drug-likeness (QED) is 0.371. The van der Waals surface area contributed by atoms with Gasteiger partial charge in [0.1, 0.15) is 11.5 Å². The lowest BCUT2D eigenvalue weighted by Gasteiger charge is -2.11. The zero-order valence-corrected chi connectivity index (χ0v) is 19.3. The summed E-state index contributed by atoms with van der Waals surface area (Å²) in [5.74, 6) is 0.259. The molecule has 0 radical (unpaired) electrons. The van der Waals surface area contributed by atoms with E-state index in [9.17, 15) is 9.59 Å². The molecule has 0 aliphatic carbocycles. The number of aryl methyl sites for hydroxylation is 2. The van der Waals surface area contributed by atoms with Crippen LogP contribution in [0.2, 0.25) is 5.02 Å². The Labute approximate surface area is 197 Å². The lowest BCUT2D eigenvalue weighted by molar-refractivity contribution is -0.118. The van der Waals surface area contributed by atoms with E-state index in [0.29, 0.717) is 33.3 Å². The predicted molar refractivity (Wildman–Crippen MR) is 130 cm³/mol. The highest BCUT2D eigenvalue weighted by Crippen LogP contribution is 2.22. The van der Waals surface area contributed by atoms with Crippen LogP contribution in [0, 0.1) is 13.8 Å². The van der Waals surface area contributed by atoms with Crippen molar-refractivity contribution in [3.8, 4) is 11.5 Å². The van der Waals surface area contributed by atoms with Crippen LogP contribution in [0.5, 0.6) is 11.5 Å². The van der Waals surface area contributed by atoms with Crippen LogP contribution < -0.4 is 20.2 Å². The number of halogens is 1. The Bertz CT molecular complexity index is 1190. The highest BCUT2D eigenvalue weighted by Gasteiger charge is 2.09. The number of hydrogen-bond acceptors (Lipinski definition) is 5. The largest absolute Gasteiger partial charge is 0.497 e. The smallest absolute Gasteiger partial charge is 0.271 e. The lowest BCUT2D eigenvalue weighted by atomic mass is 10.1. The SMILES string of the molecule is COc1cccc(C(=O)N/N=C/c2cc(Cl)ccc2OCC(=O)Nc2ccc(C)c(C)c2)c1. The summed E-state index contributed by atoms with van der Waals surface area (Å²) in [6.07, 6.45) is 1.40. The summed E-state index contributed by atoms with van der Waals surface area (Å²) in [7, 11) is 1.53. The van der Waals surface area contributed by atoms with Gasteiger partial charge in [-0.2, -0.15) is 5.10 Å². The number of carbonyl (C=O) groups is 2. The fraction of sp³-hybridized carbons (Fsp3) is 0.160. The molecule has 0 fully saturated rings. The fourth-order valence-corrected chi connectivity index (χ4v) is 3.08. The van der Waals surface area contributed by atoms with Gasteiger partial charge in [0.2, 0.25) is 0 Å². The molecule has 0 bridgehead atoms. The van der Waals surface area contributed by atoms with Gasteiger partial charge in [-0.1, -0.05) is 23.7 Å². The number of methoxy groups -OCH3 is 1. The molecule has 2 amide bonds. The number of nitrogens with zero attached hydrogens (tertiary/aromatic N) is 1. The van der Waals surface area contributed by atoms with Crippen molar-refractivity contribution in [2.45, 2.75) is 13.8 Å². The molecule has 0 aliphatic rings. The van der Waals surface area contributed by atoms with Crippen LogP contribution in [0.15, 0.2) is 65.8 Å². The molecule has 0 heterocycles. The van der Waals surface area contributed by atoms with Crippen LogP contribution >= 0.6 is 11.6 Å². The monoisotopic (exact) mass is 465 g/mol. The molecule has 0 atom stereocenters. The van der Waals surface area contributed by atoms with Gasteiger partial charge in [-0.3, -0.25) is 9.59 Å². The van der Waals surface area contributed by atoms with E-state index in [-0.39, 0.29) is 12.5 Å². The maximum atomic E-state index is 12.3. The van der Waals surface area contributed by atoms with Crippen molar-refractivity contribution in [1.82, 2.24) is 5.43 Å². The van der Waals surface area contributed by atoms with Crippen LogP contribution in [0.3, 0.4) is 0 Å². The molecule has 3 rings (SSSR count). The maximum absolute atomic E-state index is 12.3. The minimum absolute atomic E-state index is 0.203. The Balaban J connectivity index is 1.62.